The van der Waals surface area contributed by atoms with Crippen LogP contribution in [0.3, 0.4) is 0 Å². The van der Waals surface area contributed by atoms with Gasteiger partial charge in [0, 0.05) is 5.69 Å². The molecular formula is C13H21N3O. The van der Waals surface area contributed by atoms with Gasteiger partial charge in [0.2, 0.25) is 0 Å². The Hall–Kier alpha value is -1.71. The standard InChI is InChI=1S/C13H21N3O/c1-3-5-10-6-8-11(9-7-10)15-12(4-2)13(14)16-17/h6-9,12,15,17H,3-5H2,1-2H3,(H2,14,16). The van der Waals surface area contributed by atoms with Crippen molar-refractivity contribution in [3.05, 3.63) is 29.8 Å². The number of hydrogen-bond acceptors (Lipinski definition) is 3. The summed E-state index contributed by atoms with van der Waals surface area (Å²) in [7, 11) is 0. The minimum absolute atomic E-state index is 0.128. The van der Waals surface area contributed by atoms with Gasteiger partial charge < -0.3 is 16.3 Å². The van der Waals surface area contributed by atoms with E-state index in [0.717, 1.165) is 24.9 Å². The molecule has 1 unspecified atom stereocenters. The molecule has 1 atom stereocenters. The van der Waals surface area contributed by atoms with Gasteiger partial charge in [0.1, 0.15) is 0 Å². The Morgan fingerprint density at radius 1 is 1.35 bits per heavy atom. The van der Waals surface area contributed by atoms with Crippen molar-refractivity contribution in [3.8, 4) is 0 Å². The first-order valence-electron chi connectivity index (χ1n) is 6.04. The molecule has 1 aromatic rings. The van der Waals surface area contributed by atoms with E-state index < -0.39 is 0 Å². The molecule has 0 aliphatic rings. The van der Waals surface area contributed by atoms with E-state index in [9.17, 15) is 0 Å². The average molecular weight is 235 g/mol. The average Bonchev–Trinajstić information content (AvgIpc) is 2.37. The second kappa shape index (κ2) is 6.78. The number of nitrogens with one attached hydrogen (secondary N) is 1. The molecule has 0 radical (unpaired) electrons. The number of aryl methyl sites for hydroxylation is 1. The number of nitrogens with zero attached hydrogens (tertiary/aromatic N) is 1. The molecule has 0 heterocycles. The van der Waals surface area contributed by atoms with E-state index in [0.29, 0.717) is 0 Å². The van der Waals surface area contributed by atoms with E-state index in [4.69, 9.17) is 10.9 Å². The normalized spacial score (nSPS) is 13.4. The van der Waals surface area contributed by atoms with Crippen LogP contribution >= 0.6 is 0 Å². The zero-order valence-electron chi connectivity index (χ0n) is 10.5. The van der Waals surface area contributed by atoms with Gasteiger partial charge in [-0.2, -0.15) is 0 Å². The predicted octanol–water partition coefficient (Wildman–Crippen LogP) is 2.58. The van der Waals surface area contributed by atoms with Crippen LogP contribution in [0, 0.1) is 0 Å². The molecule has 0 fully saturated rings. The lowest BCUT2D eigenvalue weighted by Gasteiger charge is -2.16. The van der Waals surface area contributed by atoms with Crippen molar-refractivity contribution in [1.29, 1.82) is 0 Å². The Balaban J connectivity index is 2.67. The molecule has 17 heavy (non-hydrogen) atoms. The van der Waals surface area contributed by atoms with Crippen molar-refractivity contribution in [2.45, 2.75) is 39.2 Å². The maximum absolute atomic E-state index is 8.65. The summed E-state index contributed by atoms with van der Waals surface area (Å²) < 4.78 is 0. The Kier molecular flexibility index (Phi) is 5.33. The third-order valence-corrected chi connectivity index (χ3v) is 2.71. The molecule has 0 aliphatic carbocycles. The second-order valence-electron chi connectivity index (χ2n) is 4.08. The fourth-order valence-corrected chi connectivity index (χ4v) is 1.71. The van der Waals surface area contributed by atoms with E-state index in [1.165, 1.54) is 5.56 Å². The summed E-state index contributed by atoms with van der Waals surface area (Å²) in [5.41, 5.74) is 7.91. The van der Waals surface area contributed by atoms with E-state index >= 15 is 0 Å². The van der Waals surface area contributed by atoms with Gasteiger partial charge in [-0.25, -0.2) is 0 Å². The van der Waals surface area contributed by atoms with Gasteiger partial charge >= 0.3 is 0 Å². The fraction of sp³-hybridized carbons (Fsp3) is 0.462. The van der Waals surface area contributed by atoms with Gasteiger partial charge in [0.25, 0.3) is 0 Å². The highest BCUT2D eigenvalue weighted by molar-refractivity contribution is 5.87. The minimum atomic E-state index is -0.128. The predicted molar refractivity (Wildman–Crippen MR) is 71.5 cm³/mol. The van der Waals surface area contributed by atoms with Crippen LogP contribution in [0.1, 0.15) is 32.3 Å². The highest BCUT2D eigenvalue weighted by Gasteiger charge is 2.10. The topological polar surface area (TPSA) is 70.6 Å². The van der Waals surface area contributed by atoms with Gasteiger partial charge in [0.05, 0.1) is 6.04 Å². The first-order chi connectivity index (χ1) is 8.21. The molecule has 4 nitrogen and oxygen atoms in total. The van der Waals surface area contributed by atoms with Crippen molar-refractivity contribution < 1.29 is 5.21 Å². The summed E-state index contributed by atoms with van der Waals surface area (Å²) in [6, 6.07) is 8.13. The Labute approximate surface area is 103 Å². The van der Waals surface area contributed by atoms with E-state index in [2.05, 4.69) is 29.5 Å². The summed E-state index contributed by atoms with van der Waals surface area (Å²) in [4.78, 5) is 0. The Morgan fingerprint density at radius 2 is 2.00 bits per heavy atom. The number of oxime groups is 1. The first kappa shape index (κ1) is 13.4. The highest BCUT2D eigenvalue weighted by atomic mass is 16.4. The van der Waals surface area contributed by atoms with Crippen LogP contribution < -0.4 is 11.1 Å². The van der Waals surface area contributed by atoms with Crippen LogP contribution in [0.5, 0.6) is 0 Å². The van der Waals surface area contributed by atoms with Gasteiger partial charge in [-0.15, -0.1) is 0 Å². The Morgan fingerprint density at radius 3 is 2.47 bits per heavy atom. The molecule has 0 amide bonds. The van der Waals surface area contributed by atoms with E-state index in [-0.39, 0.29) is 11.9 Å². The van der Waals surface area contributed by atoms with Crippen molar-refractivity contribution in [2.75, 3.05) is 5.32 Å². The molecule has 0 aliphatic heterocycles. The summed E-state index contributed by atoms with van der Waals surface area (Å²) in [5, 5.41) is 14.9. The number of benzene rings is 1. The molecule has 0 aromatic heterocycles. The molecule has 0 bridgehead atoms. The van der Waals surface area contributed by atoms with Crippen LogP contribution in [0.4, 0.5) is 5.69 Å². The number of nitrogens with two attached hydrogens (primary N) is 1. The summed E-state index contributed by atoms with van der Waals surface area (Å²) in [5.74, 6) is 0.213. The van der Waals surface area contributed by atoms with Crippen molar-refractivity contribution >= 4 is 11.5 Å². The maximum atomic E-state index is 8.65. The quantitative estimate of drug-likeness (QED) is 0.307. The maximum Gasteiger partial charge on any atom is 0.161 e. The SMILES string of the molecule is CCCc1ccc(NC(CC)C(N)=NO)cc1. The van der Waals surface area contributed by atoms with Gasteiger partial charge in [-0.3, -0.25) is 0 Å². The van der Waals surface area contributed by atoms with Crippen molar-refractivity contribution in [1.82, 2.24) is 0 Å². The third kappa shape index (κ3) is 3.98. The number of rotatable bonds is 6. The molecule has 0 saturated carbocycles. The molecule has 94 valence electrons. The van der Waals surface area contributed by atoms with Crippen LogP contribution in [-0.4, -0.2) is 17.1 Å². The Bertz CT molecular complexity index is 359. The van der Waals surface area contributed by atoms with Crippen LogP contribution in [0.15, 0.2) is 29.4 Å². The van der Waals surface area contributed by atoms with E-state index in [1.54, 1.807) is 0 Å². The zero-order chi connectivity index (χ0) is 12.7. The molecule has 0 spiro atoms. The zero-order valence-corrected chi connectivity index (χ0v) is 10.5. The molecule has 4 heteroatoms. The first-order valence-corrected chi connectivity index (χ1v) is 6.04. The largest absolute Gasteiger partial charge is 0.409 e. The second-order valence-corrected chi connectivity index (χ2v) is 4.08. The fourth-order valence-electron chi connectivity index (χ4n) is 1.71. The lowest BCUT2D eigenvalue weighted by Crippen LogP contribution is -2.35. The molecule has 0 saturated heterocycles. The van der Waals surface area contributed by atoms with Crippen LogP contribution in [-0.2, 0) is 6.42 Å². The number of amidine groups is 1. The lowest BCUT2D eigenvalue weighted by molar-refractivity contribution is 0.316. The van der Waals surface area contributed by atoms with Crippen LogP contribution in [0.25, 0.3) is 0 Å². The smallest absolute Gasteiger partial charge is 0.161 e. The summed E-state index contributed by atoms with van der Waals surface area (Å²) in [6.07, 6.45) is 3.01. The monoisotopic (exact) mass is 235 g/mol. The van der Waals surface area contributed by atoms with Gasteiger partial charge in [0.15, 0.2) is 5.84 Å². The van der Waals surface area contributed by atoms with Crippen molar-refractivity contribution in [3.63, 3.8) is 0 Å². The highest BCUT2D eigenvalue weighted by Crippen LogP contribution is 2.13. The molecule has 4 N–H and O–H groups in total. The van der Waals surface area contributed by atoms with E-state index in [1.807, 2.05) is 19.1 Å². The van der Waals surface area contributed by atoms with Gasteiger partial charge in [-0.05, 0) is 30.5 Å². The molecule has 1 rings (SSSR count). The van der Waals surface area contributed by atoms with Crippen molar-refractivity contribution in [2.24, 2.45) is 10.9 Å². The van der Waals surface area contributed by atoms with Gasteiger partial charge in [-0.1, -0.05) is 37.6 Å². The number of hydrogen-bond donors (Lipinski definition) is 3. The molecule has 1 aromatic carbocycles. The molecular weight excluding hydrogens is 214 g/mol. The minimum Gasteiger partial charge on any atom is -0.409 e. The summed E-state index contributed by atoms with van der Waals surface area (Å²) >= 11 is 0. The third-order valence-electron chi connectivity index (χ3n) is 2.71. The summed E-state index contributed by atoms with van der Waals surface area (Å²) in [6.45, 7) is 4.15. The number of anilines is 1. The lowest BCUT2D eigenvalue weighted by atomic mass is 10.1. The van der Waals surface area contributed by atoms with Crippen LogP contribution in [0.2, 0.25) is 0 Å².